The van der Waals surface area contributed by atoms with Crippen molar-refractivity contribution in [1.82, 2.24) is 0 Å². The predicted octanol–water partition coefficient (Wildman–Crippen LogP) is 2.25. The number of ketones is 1. The van der Waals surface area contributed by atoms with Crippen LogP contribution >= 0.6 is 0 Å². The van der Waals surface area contributed by atoms with E-state index in [-0.39, 0.29) is 18.2 Å². The lowest BCUT2D eigenvalue weighted by atomic mass is 9.45. The molecule has 4 heteroatoms. The number of rotatable bonds is 1. The van der Waals surface area contributed by atoms with Gasteiger partial charge in [0, 0.05) is 23.7 Å². The molecule has 0 bridgehead atoms. The number of esters is 1. The van der Waals surface area contributed by atoms with Gasteiger partial charge in [-0.1, -0.05) is 32.4 Å². The number of hydrogen-bond donors (Lipinski definition) is 1. The lowest BCUT2D eigenvalue weighted by Gasteiger charge is -2.60. The van der Waals surface area contributed by atoms with Gasteiger partial charge in [0.05, 0.1) is 18.6 Å². The van der Waals surface area contributed by atoms with Gasteiger partial charge in [0.2, 0.25) is 0 Å². The van der Waals surface area contributed by atoms with E-state index >= 15 is 0 Å². The van der Waals surface area contributed by atoms with Crippen LogP contribution < -0.4 is 0 Å². The number of ether oxygens (including phenoxy) is 1. The van der Waals surface area contributed by atoms with Gasteiger partial charge < -0.3 is 9.84 Å². The Balaban J connectivity index is 2.62. The number of carbonyl (C=O) groups is 2. The highest BCUT2D eigenvalue weighted by Crippen LogP contribution is 2.61. The van der Waals surface area contributed by atoms with E-state index in [0.717, 1.165) is 5.57 Å². The maximum atomic E-state index is 12.2. The fraction of sp³-hybridized carbons (Fsp3) is 0.750. The molecular formula is C16H24O4. The molecule has 0 spiro atoms. The van der Waals surface area contributed by atoms with Gasteiger partial charge in [-0.3, -0.25) is 9.59 Å². The van der Waals surface area contributed by atoms with Crippen LogP contribution in [0.15, 0.2) is 11.6 Å². The Bertz CT molecular complexity index is 491. The van der Waals surface area contributed by atoms with Gasteiger partial charge in [-0.25, -0.2) is 0 Å². The van der Waals surface area contributed by atoms with Gasteiger partial charge in [-0.2, -0.15) is 0 Å². The van der Waals surface area contributed by atoms with Crippen LogP contribution in [-0.2, 0) is 14.3 Å². The monoisotopic (exact) mass is 280 g/mol. The van der Waals surface area contributed by atoms with Crippen molar-refractivity contribution in [2.75, 3.05) is 7.11 Å². The second-order valence-electron chi connectivity index (χ2n) is 7.16. The maximum absolute atomic E-state index is 12.2. The van der Waals surface area contributed by atoms with Crippen LogP contribution in [0.3, 0.4) is 0 Å². The third-order valence-corrected chi connectivity index (χ3v) is 5.52. The molecule has 2 unspecified atom stereocenters. The number of fused-ring (bicyclic) bond motifs is 1. The number of aliphatic hydroxyl groups is 1. The molecule has 0 aromatic carbocycles. The van der Waals surface area contributed by atoms with Crippen LogP contribution in [0.2, 0.25) is 0 Å². The summed E-state index contributed by atoms with van der Waals surface area (Å²) in [6.45, 7) is 7.54. The Morgan fingerprint density at radius 3 is 2.50 bits per heavy atom. The molecule has 2 aliphatic rings. The first kappa shape index (κ1) is 15.2. The fourth-order valence-corrected chi connectivity index (χ4v) is 4.37. The van der Waals surface area contributed by atoms with E-state index in [4.69, 9.17) is 4.74 Å². The third-order valence-electron chi connectivity index (χ3n) is 5.52. The van der Waals surface area contributed by atoms with Gasteiger partial charge in [-0.05, 0) is 13.3 Å². The number of carbonyl (C=O) groups excluding carboxylic acids is 2. The molecule has 2 aliphatic carbocycles. The zero-order chi connectivity index (χ0) is 15.3. The SMILES string of the molecule is COC(=O)C1C(C)=CC[C@]2(O)C(C)(C)CC(=O)CC12C. The summed E-state index contributed by atoms with van der Waals surface area (Å²) in [5.74, 6) is -0.828. The van der Waals surface area contributed by atoms with E-state index in [1.807, 2.05) is 33.8 Å². The maximum Gasteiger partial charge on any atom is 0.313 e. The van der Waals surface area contributed by atoms with Crippen LogP contribution in [0.4, 0.5) is 0 Å². The molecule has 1 N–H and O–H groups in total. The minimum atomic E-state index is -1.08. The van der Waals surface area contributed by atoms with E-state index in [1.165, 1.54) is 7.11 Å². The molecule has 4 nitrogen and oxygen atoms in total. The average Bonchev–Trinajstić information content (AvgIpc) is 2.31. The average molecular weight is 280 g/mol. The summed E-state index contributed by atoms with van der Waals surface area (Å²) in [5.41, 5.74) is -1.56. The summed E-state index contributed by atoms with van der Waals surface area (Å²) in [6.07, 6.45) is 2.96. The number of Topliss-reactive ketones (excluding diaryl/α,β-unsaturated/α-hetero) is 1. The molecule has 1 saturated carbocycles. The highest BCUT2D eigenvalue weighted by molar-refractivity contribution is 5.85. The molecule has 1 fully saturated rings. The van der Waals surface area contributed by atoms with Crippen molar-refractivity contribution in [1.29, 1.82) is 0 Å². The molecule has 20 heavy (non-hydrogen) atoms. The highest BCUT2D eigenvalue weighted by Gasteiger charge is 2.65. The predicted molar refractivity (Wildman–Crippen MR) is 75.0 cm³/mol. The zero-order valence-corrected chi connectivity index (χ0v) is 12.9. The van der Waals surface area contributed by atoms with Gasteiger partial charge in [0.15, 0.2) is 0 Å². The van der Waals surface area contributed by atoms with Crippen molar-refractivity contribution in [3.63, 3.8) is 0 Å². The summed E-state index contributed by atoms with van der Waals surface area (Å²) >= 11 is 0. The fourth-order valence-electron chi connectivity index (χ4n) is 4.37. The molecule has 0 aromatic rings. The van der Waals surface area contributed by atoms with Gasteiger partial charge in [0.25, 0.3) is 0 Å². The lowest BCUT2D eigenvalue weighted by molar-refractivity contribution is -0.208. The minimum Gasteiger partial charge on any atom is -0.469 e. The van der Waals surface area contributed by atoms with Gasteiger partial charge in [-0.15, -0.1) is 0 Å². The van der Waals surface area contributed by atoms with Crippen molar-refractivity contribution in [2.24, 2.45) is 16.7 Å². The Labute approximate surface area is 120 Å². The van der Waals surface area contributed by atoms with E-state index in [9.17, 15) is 14.7 Å². The molecule has 0 radical (unpaired) electrons. The van der Waals surface area contributed by atoms with E-state index in [2.05, 4.69) is 0 Å². The van der Waals surface area contributed by atoms with Crippen LogP contribution in [0, 0.1) is 16.7 Å². The Hall–Kier alpha value is -1.16. The minimum absolute atomic E-state index is 0.103. The van der Waals surface area contributed by atoms with Gasteiger partial charge >= 0.3 is 5.97 Å². The Kier molecular flexibility index (Phi) is 3.36. The van der Waals surface area contributed by atoms with Crippen molar-refractivity contribution >= 4 is 11.8 Å². The van der Waals surface area contributed by atoms with Crippen LogP contribution in [0.1, 0.15) is 47.0 Å². The second-order valence-corrected chi connectivity index (χ2v) is 7.16. The van der Waals surface area contributed by atoms with Crippen molar-refractivity contribution in [3.05, 3.63) is 11.6 Å². The second kappa shape index (κ2) is 4.42. The number of hydrogen-bond acceptors (Lipinski definition) is 4. The topological polar surface area (TPSA) is 63.6 Å². The Morgan fingerprint density at radius 1 is 1.35 bits per heavy atom. The van der Waals surface area contributed by atoms with Crippen LogP contribution in [-0.4, -0.2) is 29.6 Å². The molecule has 3 atom stereocenters. The van der Waals surface area contributed by atoms with E-state index in [0.29, 0.717) is 12.8 Å². The summed E-state index contributed by atoms with van der Waals surface area (Å²) in [6, 6.07) is 0. The normalized spacial score (nSPS) is 39.8. The third kappa shape index (κ3) is 1.77. The van der Waals surface area contributed by atoms with Crippen molar-refractivity contribution in [2.45, 2.75) is 52.6 Å². The first-order chi connectivity index (χ1) is 9.09. The molecule has 0 saturated heterocycles. The quantitative estimate of drug-likeness (QED) is 0.591. The molecule has 0 heterocycles. The molecular weight excluding hydrogens is 256 g/mol. The van der Waals surface area contributed by atoms with Crippen molar-refractivity contribution < 1.29 is 19.4 Å². The lowest BCUT2D eigenvalue weighted by Crippen LogP contribution is -2.66. The van der Waals surface area contributed by atoms with Crippen molar-refractivity contribution in [3.8, 4) is 0 Å². The smallest absolute Gasteiger partial charge is 0.313 e. The molecule has 2 rings (SSSR count). The van der Waals surface area contributed by atoms with Crippen LogP contribution in [0.25, 0.3) is 0 Å². The van der Waals surface area contributed by atoms with E-state index < -0.39 is 22.3 Å². The molecule has 0 aliphatic heterocycles. The van der Waals surface area contributed by atoms with Crippen LogP contribution in [0.5, 0.6) is 0 Å². The molecule has 0 amide bonds. The summed E-state index contributed by atoms with van der Waals surface area (Å²) in [4.78, 5) is 24.4. The largest absolute Gasteiger partial charge is 0.469 e. The van der Waals surface area contributed by atoms with Gasteiger partial charge in [0.1, 0.15) is 5.78 Å². The van der Waals surface area contributed by atoms with E-state index in [1.54, 1.807) is 0 Å². The summed E-state index contributed by atoms with van der Waals surface area (Å²) in [7, 11) is 1.35. The first-order valence-corrected chi connectivity index (χ1v) is 7.07. The summed E-state index contributed by atoms with van der Waals surface area (Å²) < 4.78 is 4.92. The number of methoxy groups -OCH3 is 1. The summed E-state index contributed by atoms with van der Waals surface area (Å²) in [5, 5.41) is 11.3. The zero-order valence-electron chi connectivity index (χ0n) is 12.9. The molecule has 0 aromatic heterocycles. The highest BCUT2D eigenvalue weighted by atomic mass is 16.5. The first-order valence-electron chi connectivity index (χ1n) is 7.07. The molecule has 112 valence electrons. The Morgan fingerprint density at radius 2 is 1.95 bits per heavy atom. The standard InChI is InChI=1S/C16H24O4/c1-10-6-7-16(19)14(2,3)8-11(17)9-15(16,4)12(10)13(18)20-5/h6,12,19H,7-9H2,1-5H3/t12?,15?,16-/m0/s1.